The van der Waals surface area contributed by atoms with Crippen LogP contribution in [-0.2, 0) is 6.54 Å². The molecule has 7 nitrogen and oxygen atoms in total. The van der Waals surface area contributed by atoms with Crippen LogP contribution in [0.5, 0.6) is 17.2 Å². The van der Waals surface area contributed by atoms with Crippen molar-refractivity contribution < 1.29 is 14.2 Å². The second kappa shape index (κ2) is 7.55. The smallest absolute Gasteiger partial charge is 0.231 e. The van der Waals surface area contributed by atoms with E-state index in [4.69, 9.17) is 19.6 Å². The molecule has 0 atom stereocenters. The van der Waals surface area contributed by atoms with Crippen LogP contribution < -0.4 is 24.8 Å². The van der Waals surface area contributed by atoms with Gasteiger partial charge in [0.1, 0.15) is 5.75 Å². The first-order valence-corrected chi connectivity index (χ1v) is 9.18. The minimum atomic E-state index is 0.174. The zero-order valence-corrected chi connectivity index (χ0v) is 15.4. The average molecular weight is 382 g/mol. The molecule has 8 heteroatoms. The van der Waals surface area contributed by atoms with Gasteiger partial charge in [0.25, 0.3) is 0 Å². The molecule has 3 N–H and O–H groups in total. The molecule has 2 heterocycles. The Morgan fingerprint density at radius 2 is 2.07 bits per heavy atom. The molecular weight excluding hydrogens is 364 g/mol. The van der Waals surface area contributed by atoms with E-state index >= 15 is 0 Å². The molecule has 0 bridgehead atoms. The molecular formula is C19H18N4O3S. The van der Waals surface area contributed by atoms with E-state index in [2.05, 4.69) is 15.6 Å². The highest BCUT2D eigenvalue weighted by molar-refractivity contribution is 7.14. The summed E-state index contributed by atoms with van der Waals surface area (Å²) in [6.07, 6.45) is 0. The second-order valence-electron chi connectivity index (χ2n) is 5.77. The molecule has 0 aliphatic carbocycles. The van der Waals surface area contributed by atoms with Gasteiger partial charge in [-0.3, -0.25) is 5.41 Å². The maximum Gasteiger partial charge on any atom is 0.231 e. The van der Waals surface area contributed by atoms with Gasteiger partial charge in [0, 0.05) is 23.1 Å². The molecule has 1 aliphatic heterocycles. The van der Waals surface area contributed by atoms with Crippen LogP contribution in [-0.4, -0.2) is 24.8 Å². The molecule has 0 amide bonds. The van der Waals surface area contributed by atoms with Crippen LogP contribution in [0.15, 0.2) is 47.8 Å². The number of ether oxygens (including phenoxy) is 3. The summed E-state index contributed by atoms with van der Waals surface area (Å²) < 4.78 is 16.1. The lowest BCUT2D eigenvalue weighted by molar-refractivity contribution is 0.174. The molecule has 3 aromatic rings. The predicted molar refractivity (Wildman–Crippen MR) is 105 cm³/mol. The number of hydrogen-bond acceptors (Lipinski definition) is 6. The minimum Gasteiger partial charge on any atom is -0.496 e. The van der Waals surface area contributed by atoms with Gasteiger partial charge >= 0.3 is 0 Å². The average Bonchev–Trinajstić information content (AvgIpc) is 3.35. The molecule has 0 saturated heterocycles. The quantitative estimate of drug-likeness (QED) is 0.461. The standard InChI is InChI=1S/C19H18N4O3S/c1-24-15-5-3-2-4-13(15)9-21-18(20)23-19-22-14(10-27-19)12-6-7-16-17(8-12)26-11-25-16/h2-8,10H,9,11H2,1H3,(H3,20,21,22,23). The van der Waals surface area contributed by atoms with Crippen LogP contribution >= 0.6 is 11.3 Å². The van der Waals surface area contributed by atoms with Gasteiger partial charge in [0.2, 0.25) is 6.79 Å². The van der Waals surface area contributed by atoms with Crippen molar-refractivity contribution in [2.45, 2.75) is 6.54 Å². The summed E-state index contributed by atoms with van der Waals surface area (Å²) in [4.78, 5) is 4.54. The highest BCUT2D eigenvalue weighted by Crippen LogP contribution is 2.36. The Labute approximate surface area is 160 Å². The number of nitrogens with zero attached hydrogens (tertiary/aromatic N) is 1. The summed E-state index contributed by atoms with van der Waals surface area (Å²) in [5.74, 6) is 2.43. The Kier molecular flexibility index (Phi) is 4.80. The van der Waals surface area contributed by atoms with Gasteiger partial charge in [-0.05, 0) is 24.3 Å². The summed E-state index contributed by atoms with van der Waals surface area (Å²) in [5.41, 5.74) is 2.74. The van der Waals surface area contributed by atoms with Crippen molar-refractivity contribution in [1.82, 2.24) is 10.3 Å². The molecule has 0 spiro atoms. The van der Waals surface area contributed by atoms with E-state index in [9.17, 15) is 0 Å². The van der Waals surface area contributed by atoms with Crippen LogP contribution in [0.4, 0.5) is 5.13 Å². The molecule has 0 unspecified atom stereocenters. The number of benzene rings is 2. The monoisotopic (exact) mass is 382 g/mol. The van der Waals surface area contributed by atoms with Gasteiger partial charge in [-0.15, -0.1) is 11.3 Å². The maximum atomic E-state index is 8.08. The second-order valence-corrected chi connectivity index (χ2v) is 6.63. The number of guanidine groups is 1. The van der Waals surface area contributed by atoms with Crippen molar-refractivity contribution in [2.75, 3.05) is 19.2 Å². The molecule has 1 aliphatic rings. The first-order chi connectivity index (χ1) is 13.2. The summed E-state index contributed by atoms with van der Waals surface area (Å²) in [7, 11) is 1.63. The van der Waals surface area contributed by atoms with Gasteiger partial charge in [0.15, 0.2) is 22.6 Å². The lowest BCUT2D eigenvalue weighted by Gasteiger charge is -2.11. The van der Waals surface area contributed by atoms with Crippen LogP contribution in [0.3, 0.4) is 0 Å². The maximum absolute atomic E-state index is 8.08. The highest BCUT2D eigenvalue weighted by atomic mass is 32.1. The molecule has 27 heavy (non-hydrogen) atoms. The number of rotatable bonds is 5. The van der Waals surface area contributed by atoms with E-state index in [1.165, 1.54) is 11.3 Å². The van der Waals surface area contributed by atoms with Crippen LogP contribution in [0.25, 0.3) is 11.3 Å². The van der Waals surface area contributed by atoms with E-state index in [1.54, 1.807) is 7.11 Å². The first-order valence-electron chi connectivity index (χ1n) is 8.30. The van der Waals surface area contributed by atoms with Crippen molar-refractivity contribution in [1.29, 1.82) is 5.41 Å². The number of anilines is 1. The molecule has 138 valence electrons. The topological polar surface area (TPSA) is 88.5 Å². The molecule has 2 aromatic carbocycles. The Balaban J connectivity index is 1.38. The fraction of sp³-hybridized carbons (Fsp3) is 0.158. The third-order valence-corrected chi connectivity index (χ3v) is 4.81. The fourth-order valence-corrected chi connectivity index (χ4v) is 3.43. The third kappa shape index (κ3) is 3.80. The Bertz CT molecular complexity index is 973. The van der Waals surface area contributed by atoms with E-state index in [0.29, 0.717) is 11.7 Å². The molecule has 1 aromatic heterocycles. The Morgan fingerprint density at radius 1 is 1.22 bits per heavy atom. The van der Waals surface area contributed by atoms with Gasteiger partial charge in [-0.25, -0.2) is 4.98 Å². The van der Waals surface area contributed by atoms with Crippen LogP contribution in [0, 0.1) is 5.41 Å². The minimum absolute atomic E-state index is 0.174. The van der Waals surface area contributed by atoms with Crippen LogP contribution in [0.1, 0.15) is 5.56 Å². The number of fused-ring (bicyclic) bond motifs is 1. The SMILES string of the molecule is COc1ccccc1CNC(=N)Nc1nc(-c2ccc3c(c2)OCO3)cs1. The van der Waals surface area contributed by atoms with Crippen LogP contribution in [0.2, 0.25) is 0 Å². The largest absolute Gasteiger partial charge is 0.496 e. The zero-order chi connectivity index (χ0) is 18.6. The molecule has 0 saturated carbocycles. The predicted octanol–water partition coefficient (Wildman–Crippen LogP) is 3.68. The first kappa shape index (κ1) is 17.2. The summed E-state index contributed by atoms with van der Waals surface area (Å²) in [6, 6.07) is 13.4. The number of para-hydroxylation sites is 1. The van der Waals surface area contributed by atoms with E-state index in [0.717, 1.165) is 34.1 Å². The van der Waals surface area contributed by atoms with Crippen molar-refractivity contribution in [3.63, 3.8) is 0 Å². The van der Waals surface area contributed by atoms with Crippen molar-refractivity contribution in [3.05, 3.63) is 53.4 Å². The number of methoxy groups -OCH3 is 1. The number of nitrogens with one attached hydrogen (secondary N) is 3. The number of thiazole rings is 1. The molecule has 0 fully saturated rings. The van der Waals surface area contributed by atoms with Gasteiger partial charge in [-0.1, -0.05) is 18.2 Å². The van der Waals surface area contributed by atoms with E-state index in [1.807, 2.05) is 47.8 Å². The van der Waals surface area contributed by atoms with Crippen molar-refractivity contribution in [3.8, 4) is 28.5 Å². The van der Waals surface area contributed by atoms with Gasteiger partial charge in [0.05, 0.1) is 12.8 Å². The summed E-state index contributed by atoms with van der Waals surface area (Å²) in [5, 5.41) is 16.7. The van der Waals surface area contributed by atoms with E-state index in [-0.39, 0.29) is 12.8 Å². The zero-order valence-electron chi connectivity index (χ0n) is 14.6. The fourth-order valence-electron chi connectivity index (χ4n) is 2.70. The lowest BCUT2D eigenvalue weighted by atomic mass is 10.1. The normalized spacial score (nSPS) is 11.9. The van der Waals surface area contributed by atoms with Crippen molar-refractivity contribution in [2.24, 2.45) is 0 Å². The molecule has 4 rings (SSSR count). The summed E-state index contributed by atoms with van der Waals surface area (Å²) in [6.45, 7) is 0.730. The van der Waals surface area contributed by atoms with Gasteiger partial charge in [-0.2, -0.15) is 0 Å². The number of hydrogen-bond donors (Lipinski definition) is 3. The Hall–Kier alpha value is -3.26. The number of aromatic nitrogens is 1. The summed E-state index contributed by atoms with van der Waals surface area (Å²) >= 11 is 1.44. The lowest BCUT2D eigenvalue weighted by Crippen LogP contribution is -2.29. The van der Waals surface area contributed by atoms with Gasteiger partial charge < -0.3 is 24.8 Å². The Morgan fingerprint density at radius 3 is 2.96 bits per heavy atom. The van der Waals surface area contributed by atoms with Crippen molar-refractivity contribution >= 4 is 22.4 Å². The highest BCUT2D eigenvalue weighted by Gasteiger charge is 2.15. The third-order valence-electron chi connectivity index (χ3n) is 4.05. The molecule has 0 radical (unpaired) electrons. The van der Waals surface area contributed by atoms with E-state index < -0.39 is 0 Å².